The summed E-state index contributed by atoms with van der Waals surface area (Å²) >= 11 is 7.33. The highest BCUT2D eigenvalue weighted by Crippen LogP contribution is 2.31. The number of rotatable bonds is 7. The maximum atomic E-state index is 12.2. The molecule has 1 saturated heterocycles. The first kappa shape index (κ1) is 20.8. The van der Waals surface area contributed by atoms with Gasteiger partial charge < -0.3 is 19.9 Å². The Hall–Kier alpha value is -2.97. The van der Waals surface area contributed by atoms with Crippen LogP contribution in [-0.2, 0) is 9.59 Å². The van der Waals surface area contributed by atoms with Gasteiger partial charge in [0.1, 0.15) is 11.5 Å². The van der Waals surface area contributed by atoms with Gasteiger partial charge in [-0.15, -0.1) is 0 Å². The second-order valence-corrected chi connectivity index (χ2v) is 7.22. The summed E-state index contributed by atoms with van der Waals surface area (Å²) in [6, 6.07) is 12.1. The van der Waals surface area contributed by atoms with Crippen LogP contribution in [0.4, 0.5) is 5.69 Å². The Bertz CT molecular complexity index is 989. The van der Waals surface area contributed by atoms with E-state index in [0.29, 0.717) is 27.9 Å². The number of carbonyl (C=O) groups is 2. The lowest BCUT2D eigenvalue weighted by Gasteiger charge is -2.06. The molecule has 1 fully saturated rings. The summed E-state index contributed by atoms with van der Waals surface area (Å²) in [6.45, 7) is 2.02. The predicted octanol–water partition coefficient (Wildman–Crippen LogP) is 4.09. The summed E-state index contributed by atoms with van der Waals surface area (Å²) in [7, 11) is 0. The van der Waals surface area contributed by atoms with E-state index in [1.807, 2.05) is 31.2 Å². The third-order valence-corrected chi connectivity index (χ3v) is 4.84. The highest BCUT2D eigenvalue weighted by Gasteiger charge is 2.24. The summed E-state index contributed by atoms with van der Waals surface area (Å²) in [5, 5.41) is 12.1. The molecule has 3 rings (SSSR count). The largest absolute Gasteiger partial charge is 0.494 e. The first-order chi connectivity index (χ1) is 13.9. The average Bonchev–Trinajstić information content (AvgIpc) is 3.01. The third kappa shape index (κ3) is 5.75. The van der Waals surface area contributed by atoms with E-state index in [9.17, 15) is 9.59 Å². The quantitative estimate of drug-likeness (QED) is 0.639. The second kappa shape index (κ2) is 9.49. The number of benzene rings is 2. The maximum absolute atomic E-state index is 12.2. The summed E-state index contributed by atoms with van der Waals surface area (Å²) in [5.74, 6) is -0.335. The number of thioether (sulfide) groups is 1. The molecular weight excluding hydrogens is 416 g/mol. The van der Waals surface area contributed by atoms with Gasteiger partial charge in [0.15, 0.2) is 11.8 Å². The molecule has 0 radical (unpaired) electrons. The highest BCUT2D eigenvalue weighted by atomic mass is 35.5. The molecule has 1 amide bonds. The Morgan fingerprint density at radius 2 is 2.00 bits per heavy atom. The van der Waals surface area contributed by atoms with Crippen LogP contribution in [-0.4, -0.2) is 35.4 Å². The van der Waals surface area contributed by atoms with Crippen LogP contribution in [0.3, 0.4) is 0 Å². The first-order valence-electron chi connectivity index (χ1n) is 8.61. The first-order valence-corrected chi connectivity index (χ1v) is 9.80. The van der Waals surface area contributed by atoms with Crippen molar-refractivity contribution in [2.45, 2.75) is 6.92 Å². The van der Waals surface area contributed by atoms with Crippen LogP contribution in [0.15, 0.2) is 52.4 Å². The predicted molar refractivity (Wildman–Crippen MR) is 113 cm³/mol. The number of aliphatic carboxylic acids is 1. The Balaban J connectivity index is 1.71. The van der Waals surface area contributed by atoms with Crippen molar-refractivity contribution < 1.29 is 24.2 Å². The van der Waals surface area contributed by atoms with Gasteiger partial charge in [0, 0.05) is 0 Å². The molecule has 9 heteroatoms. The second-order valence-electron chi connectivity index (χ2n) is 5.78. The molecule has 2 aromatic carbocycles. The van der Waals surface area contributed by atoms with E-state index >= 15 is 0 Å². The number of hydrogen-bond acceptors (Lipinski definition) is 6. The van der Waals surface area contributed by atoms with Crippen LogP contribution in [0.5, 0.6) is 11.5 Å². The Morgan fingerprint density at radius 3 is 2.66 bits per heavy atom. The van der Waals surface area contributed by atoms with Crippen molar-refractivity contribution in [3.05, 3.63) is 58.0 Å². The summed E-state index contributed by atoms with van der Waals surface area (Å²) in [4.78, 5) is 27.7. The SMILES string of the molecule is CCOc1ccc(N=C2NC(=O)/C(=C/c3ccc(OCC(=O)O)c(Cl)c3)S2)cc1. The molecule has 1 aliphatic rings. The van der Waals surface area contributed by atoms with Gasteiger partial charge in [0.2, 0.25) is 0 Å². The van der Waals surface area contributed by atoms with Crippen molar-refractivity contribution in [3.63, 3.8) is 0 Å². The van der Waals surface area contributed by atoms with Crippen LogP contribution in [0, 0.1) is 0 Å². The van der Waals surface area contributed by atoms with Crippen LogP contribution >= 0.6 is 23.4 Å². The number of nitrogens with one attached hydrogen (secondary N) is 1. The summed E-state index contributed by atoms with van der Waals surface area (Å²) < 4.78 is 10.5. The molecule has 0 aliphatic carbocycles. The van der Waals surface area contributed by atoms with Gasteiger partial charge in [-0.1, -0.05) is 17.7 Å². The Morgan fingerprint density at radius 1 is 1.24 bits per heavy atom. The van der Waals surface area contributed by atoms with Gasteiger partial charge in [-0.3, -0.25) is 4.79 Å². The number of ether oxygens (including phenoxy) is 2. The molecule has 1 heterocycles. The number of amidine groups is 1. The lowest BCUT2D eigenvalue weighted by molar-refractivity contribution is -0.139. The molecule has 7 nitrogen and oxygen atoms in total. The lowest BCUT2D eigenvalue weighted by atomic mass is 10.2. The van der Waals surface area contributed by atoms with E-state index in [1.54, 1.807) is 24.3 Å². The van der Waals surface area contributed by atoms with Gasteiger partial charge in [-0.2, -0.15) is 0 Å². The van der Waals surface area contributed by atoms with E-state index < -0.39 is 12.6 Å². The van der Waals surface area contributed by atoms with E-state index in [4.69, 9.17) is 26.2 Å². The highest BCUT2D eigenvalue weighted by molar-refractivity contribution is 8.18. The maximum Gasteiger partial charge on any atom is 0.341 e. The smallest absolute Gasteiger partial charge is 0.341 e. The van der Waals surface area contributed by atoms with E-state index in [2.05, 4.69) is 10.3 Å². The zero-order valence-corrected chi connectivity index (χ0v) is 16.9. The Labute approximate surface area is 176 Å². The molecule has 0 spiro atoms. The minimum atomic E-state index is -1.09. The minimum absolute atomic E-state index is 0.257. The fourth-order valence-electron chi connectivity index (χ4n) is 2.40. The molecule has 150 valence electrons. The molecular formula is C20H17ClN2O5S. The van der Waals surface area contributed by atoms with Gasteiger partial charge in [0.05, 0.1) is 22.2 Å². The number of carboxylic acid groups (broad SMARTS) is 1. The van der Waals surface area contributed by atoms with Crippen molar-refractivity contribution in [3.8, 4) is 11.5 Å². The van der Waals surface area contributed by atoms with Gasteiger partial charge in [0.25, 0.3) is 5.91 Å². The molecule has 0 aromatic heterocycles. The number of amides is 1. The topological polar surface area (TPSA) is 97.2 Å². The average molecular weight is 433 g/mol. The van der Waals surface area contributed by atoms with Gasteiger partial charge in [-0.25, -0.2) is 9.79 Å². The number of carbonyl (C=O) groups excluding carboxylic acids is 1. The van der Waals surface area contributed by atoms with Crippen LogP contribution in [0.2, 0.25) is 5.02 Å². The molecule has 0 bridgehead atoms. The molecule has 2 N–H and O–H groups in total. The number of carboxylic acids is 1. The van der Waals surface area contributed by atoms with Crippen LogP contribution in [0.25, 0.3) is 6.08 Å². The van der Waals surface area contributed by atoms with E-state index in [-0.39, 0.29) is 16.7 Å². The van der Waals surface area contributed by atoms with Crippen LogP contribution in [0.1, 0.15) is 12.5 Å². The number of nitrogens with zero attached hydrogens (tertiary/aromatic N) is 1. The van der Waals surface area contributed by atoms with Crippen molar-refractivity contribution in [1.29, 1.82) is 0 Å². The normalized spacial score (nSPS) is 16.1. The molecule has 0 saturated carbocycles. The summed E-state index contributed by atoms with van der Waals surface area (Å²) in [6.07, 6.45) is 1.67. The summed E-state index contributed by atoms with van der Waals surface area (Å²) in [5.41, 5.74) is 1.37. The molecule has 0 unspecified atom stereocenters. The van der Waals surface area contributed by atoms with E-state index in [1.165, 1.54) is 11.8 Å². The fourth-order valence-corrected chi connectivity index (χ4v) is 3.48. The molecule has 0 atom stereocenters. The Kier molecular flexibility index (Phi) is 6.79. The van der Waals surface area contributed by atoms with Crippen molar-refractivity contribution >= 4 is 52.2 Å². The van der Waals surface area contributed by atoms with Gasteiger partial charge >= 0.3 is 5.97 Å². The molecule has 2 aromatic rings. The molecule has 1 aliphatic heterocycles. The van der Waals surface area contributed by atoms with Crippen molar-refractivity contribution in [2.24, 2.45) is 4.99 Å². The van der Waals surface area contributed by atoms with E-state index in [0.717, 1.165) is 5.75 Å². The zero-order chi connectivity index (χ0) is 20.8. The third-order valence-electron chi connectivity index (χ3n) is 3.63. The number of halogens is 1. The standard InChI is InChI=1S/C20H17ClN2O5S/c1-2-27-14-6-4-13(5-7-14)22-20-23-19(26)17(29-20)10-12-3-8-16(15(21)9-12)28-11-18(24)25/h3-10H,2,11H2,1H3,(H,24,25)(H,22,23,26)/b17-10-. The van der Waals surface area contributed by atoms with Crippen LogP contribution < -0.4 is 14.8 Å². The van der Waals surface area contributed by atoms with Crippen molar-refractivity contribution in [2.75, 3.05) is 13.2 Å². The minimum Gasteiger partial charge on any atom is -0.494 e. The zero-order valence-electron chi connectivity index (χ0n) is 15.3. The van der Waals surface area contributed by atoms with Crippen molar-refractivity contribution in [1.82, 2.24) is 5.32 Å². The number of hydrogen-bond donors (Lipinski definition) is 2. The molecule has 29 heavy (non-hydrogen) atoms. The lowest BCUT2D eigenvalue weighted by Crippen LogP contribution is -2.19. The van der Waals surface area contributed by atoms with Gasteiger partial charge in [-0.05, 0) is 66.7 Å². The number of aliphatic imine (C=N–C) groups is 1. The monoisotopic (exact) mass is 432 g/mol. The fraction of sp³-hybridized carbons (Fsp3) is 0.150.